The standard InChI is InChI=1S/C29H25FN4OS/c1-20-6-4-7-22(16-20)19-36-29-33-26-10-5-15-31-27(26)34(29)18-21-11-13-23(14-12-21)28(35)32-17-24-8-2-3-9-25(24)30/h2-16H,17-19H2,1H3,(H,32,35). The fourth-order valence-electron chi connectivity index (χ4n) is 4.00. The van der Waals surface area contributed by atoms with E-state index in [1.54, 1.807) is 48.3 Å². The predicted molar refractivity (Wildman–Crippen MR) is 141 cm³/mol. The van der Waals surface area contributed by atoms with E-state index in [1.807, 2.05) is 24.3 Å². The lowest BCUT2D eigenvalue weighted by Crippen LogP contribution is -2.23. The molecular formula is C29H25FN4OS. The van der Waals surface area contributed by atoms with E-state index in [-0.39, 0.29) is 18.3 Å². The number of thioether (sulfide) groups is 1. The number of hydrogen-bond donors (Lipinski definition) is 1. The largest absolute Gasteiger partial charge is 0.348 e. The summed E-state index contributed by atoms with van der Waals surface area (Å²) in [6, 6.07) is 26.2. The van der Waals surface area contributed by atoms with Gasteiger partial charge in [0.2, 0.25) is 0 Å². The summed E-state index contributed by atoms with van der Waals surface area (Å²) in [4.78, 5) is 22.0. The van der Waals surface area contributed by atoms with Crippen LogP contribution in [0.4, 0.5) is 4.39 Å². The molecule has 0 radical (unpaired) electrons. The van der Waals surface area contributed by atoms with Gasteiger partial charge in [-0.2, -0.15) is 0 Å². The van der Waals surface area contributed by atoms with Gasteiger partial charge in [0, 0.05) is 29.6 Å². The number of pyridine rings is 1. The second kappa shape index (κ2) is 10.7. The van der Waals surface area contributed by atoms with Gasteiger partial charge in [0.05, 0.1) is 6.54 Å². The van der Waals surface area contributed by atoms with Crippen LogP contribution in [0.15, 0.2) is 96.3 Å². The van der Waals surface area contributed by atoms with E-state index in [4.69, 9.17) is 4.98 Å². The minimum absolute atomic E-state index is 0.140. The fourth-order valence-corrected chi connectivity index (χ4v) is 4.95. The van der Waals surface area contributed by atoms with Crippen molar-refractivity contribution in [2.45, 2.75) is 30.9 Å². The summed E-state index contributed by atoms with van der Waals surface area (Å²) in [6.07, 6.45) is 1.78. The molecule has 2 heterocycles. The third-order valence-electron chi connectivity index (χ3n) is 5.87. The number of aryl methyl sites for hydroxylation is 1. The topological polar surface area (TPSA) is 59.8 Å². The number of amides is 1. The van der Waals surface area contributed by atoms with Gasteiger partial charge >= 0.3 is 0 Å². The monoisotopic (exact) mass is 496 g/mol. The average Bonchev–Trinajstić information content (AvgIpc) is 3.24. The van der Waals surface area contributed by atoms with Crippen LogP contribution in [0.25, 0.3) is 11.2 Å². The first-order valence-electron chi connectivity index (χ1n) is 11.7. The number of carbonyl (C=O) groups is 1. The Morgan fingerprint density at radius 3 is 2.61 bits per heavy atom. The lowest BCUT2D eigenvalue weighted by atomic mass is 10.1. The van der Waals surface area contributed by atoms with Crippen molar-refractivity contribution in [2.75, 3.05) is 0 Å². The third-order valence-corrected chi connectivity index (χ3v) is 6.92. The van der Waals surface area contributed by atoms with Gasteiger partial charge in [-0.15, -0.1) is 0 Å². The van der Waals surface area contributed by atoms with Crippen molar-refractivity contribution in [2.24, 2.45) is 0 Å². The van der Waals surface area contributed by atoms with Crippen molar-refractivity contribution in [3.8, 4) is 0 Å². The first kappa shape index (κ1) is 23.8. The molecule has 0 fully saturated rings. The first-order valence-corrected chi connectivity index (χ1v) is 12.7. The second-order valence-corrected chi connectivity index (χ2v) is 9.52. The Hall–Kier alpha value is -3.97. The van der Waals surface area contributed by atoms with E-state index in [0.29, 0.717) is 17.7 Å². The Balaban J connectivity index is 1.31. The van der Waals surface area contributed by atoms with Crippen LogP contribution in [0.1, 0.15) is 32.6 Å². The molecule has 0 saturated heterocycles. The van der Waals surface area contributed by atoms with Crippen molar-refractivity contribution in [1.29, 1.82) is 0 Å². The Kier molecular flexibility index (Phi) is 7.09. The zero-order chi connectivity index (χ0) is 24.9. The molecule has 5 nitrogen and oxygen atoms in total. The molecule has 5 rings (SSSR count). The van der Waals surface area contributed by atoms with E-state index < -0.39 is 0 Å². The molecule has 1 amide bonds. The van der Waals surface area contributed by atoms with Gasteiger partial charge in [0.1, 0.15) is 11.3 Å². The molecule has 0 aliphatic heterocycles. The van der Waals surface area contributed by atoms with Crippen LogP contribution in [0, 0.1) is 12.7 Å². The van der Waals surface area contributed by atoms with Gasteiger partial charge < -0.3 is 5.32 Å². The van der Waals surface area contributed by atoms with E-state index in [9.17, 15) is 9.18 Å². The van der Waals surface area contributed by atoms with Crippen LogP contribution in [-0.2, 0) is 18.8 Å². The normalized spacial score (nSPS) is 11.1. The molecule has 0 aliphatic carbocycles. The summed E-state index contributed by atoms with van der Waals surface area (Å²) < 4.78 is 15.9. The smallest absolute Gasteiger partial charge is 0.251 e. The van der Waals surface area contributed by atoms with E-state index in [2.05, 4.69) is 46.1 Å². The van der Waals surface area contributed by atoms with Crippen molar-refractivity contribution in [3.63, 3.8) is 0 Å². The summed E-state index contributed by atoms with van der Waals surface area (Å²) in [5, 5.41) is 3.68. The molecule has 1 N–H and O–H groups in total. The van der Waals surface area contributed by atoms with E-state index in [1.165, 1.54) is 17.2 Å². The number of nitrogens with zero attached hydrogens (tertiary/aromatic N) is 3. The van der Waals surface area contributed by atoms with Crippen molar-refractivity contribution < 1.29 is 9.18 Å². The van der Waals surface area contributed by atoms with Gasteiger partial charge in [-0.05, 0) is 48.4 Å². The lowest BCUT2D eigenvalue weighted by Gasteiger charge is -2.10. The summed E-state index contributed by atoms with van der Waals surface area (Å²) in [6.45, 7) is 2.82. The van der Waals surface area contributed by atoms with Crippen LogP contribution in [0.3, 0.4) is 0 Å². The summed E-state index contributed by atoms with van der Waals surface area (Å²) >= 11 is 1.68. The molecule has 5 aromatic rings. The summed E-state index contributed by atoms with van der Waals surface area (Å²) in [7, 11) is 0. The highest BCUT2D eigenvalue weighted by atomic mass is 32.2. The average molecular weight is 497 g/mol. The highest BCUT2D eigenvalue weighted by molar-refractivity contribution is 7.98. The number of benzene rings is 3. The highest BCUT2D eigenvalue weighted by Gasteiger charge is 2.14. The maximum Gasteiger partial charge on any atom is 0.251 e. The number of carbonyl (C=O) groups excluding carboxylic acids is 1. The minimum atomic E-state index is -0.328. The highest BCUT2D eigenvalue weighted by Crippen LogP contribution is 2.27. The van der Waals surface area contributed by atoms with Crippen molar-refractivity contribution in [1.82, 2.24) is 19.9 Å². The van der Waals surface area contributed by atoms with Gasteiger partial charge in [0.15, 0.2) is 10.8 Å². The molecule has 2 aromatic heterocycles. The number of imidazole rings is 1. The molecule has 3 aromatic carbocycles. The van der Waals surface area contributed by atoms with Crippen LogP contribution < -0.4 is 5.32 Å². The summed E-state index contributed by atoms with van der Waals surface area (Å²) in [5.74, 6) is 0.242. The Morgan fingerprint density at radius 1 is 0.972 bits per heavy atom. The molecular weight excluding hydrogens is 471 g/mol. The van der Waals surface area contributed by atoms with E-state index in [0.717, 1.165) is 27.6 Å². The second-order valence-electron chi connectivity index (χ2n) is 8.58. The summed E-state index contributed by atoms with van der Waals surface area (Å²) in [5.41, 5.74) is 6.18. The van der Waals surface area contributed by atoms with Crippen LogP contribution in [0.5, 0.6) is 0 Å². The third kappa shape index (κ3) is 5.47. The van der Waals surface area contributed by atoms with Crippen molar-refractivity contribution in [3.05, 3.63) is 125 Å². The molecule has 7 heteroatoms. The van der Waals surface area contributed by atoms with Crippen LogP contribution >= 0.6 is 11.8 Å². The van der Waals surface area contributed by atoms with Crippen molar-refractivity contribution >= 4 is 28.8 Å². The van der Waals surface area contributed by atoms with Crippen LogP contribution in [0.2, 0.25) is 0 Å². The number of rotatable bonds is 8. The Labute approximate surface area is 213 Å². The quantitative estimate of drug-likeness (QED) is 0.262. The maximum atomic E-state index is 13.8. The Morgan fingerprint density at radius 2 is 1.81 bits per heavy atom. The molecule has 0 bridgehead atoms. The number of nitrogens with one attached hydrogen (secondary N) is 1. The molecule has 0 saturated carbocycles. The SMILES string of the molecule is Cc1cccc(CSc2nc3cccnc3n2Cc2ccc(C(=O)NCc3ccccc3F)cc2)c1. The molecule has 0 spiro atoms. The zero-order valence-electron chi connectivity index (χ0n) is 19.8. The lowest BCUT2D eigenvalue weighted by molar-refractivity contribution is 0.0950. The van der Waals surface area contributed by atoms with Gasteiger partial charge in [-0.1, -0.05) is 71.9 Å². The zero-order valence-corrected chi connectivity index (χ0v) is 20.6. The number of hydrogen-bond acceptors (Lipinski definition) is 4. The number of fused-ring (bicyclic) bond motifs is 1. The van der Waals surface area contributed by atoms with Gasteiger partial charge in [-0.25, -0.2) is 14.4 Å². The van der Waals surface area contributed by atoms with Gasteiger partial charge in [0.25, 0.3) is 5.91 Å². The number of halogens is 1. The Bertz CT molecular complexity index is 1510. The van der Waals surface area contributed by atoms with Gasteiger partial charge in [-0.3, -0.25) is 9.36 Å². The molecule has 0 unspecified atom stereocenters. The molecule has 0 atom stereocenters. The molecule has 0 aliphatic rings. The molecule has 180 valence electrons. The predicted octanol–water partition coefficient (Wildman–Crippen LogP) is 6.15. The number of aromatic nitrogens is 3. The van der Waals surface area contributed by atoms with E-state index >= 15 is 0 Å². The fraction of sp³-hybridized carbons (Fsp3) is 0.138. The molecule has 36 heavy (non-hydrogen) atoms. The minimum Gasteiger partial charge on any atom is -0.348 e. The van der Waals surface area contributed by atoms with Crippen LogP contribution in [-0.4, -0.2) is 20.4 Å². The maximum absolute atomic E-state index is 13.8. The first-order chi connectivity index (χ1) is 17.6.